The molecule has 1 N–H and O–H groups in total. The molecule has 104 valence electrons. The number of likely N-dealkylation sites (tertiary alicyclic amines) is 1. The molecule has 2 aliphatic heterocycles. The average molecular weight is 253 g/mol. The highest BCUT2D eigenvalue weighted by atomic mass is 16.2. The van der Waals surface area contributed by atoms with Crippen LogP contribution < -0.4 is 5.32 Å². The predicted molar refractivity (Wildman–Crippen MR) is 73.3 cm³/mol. The van der Waals surface area contributed by atoms with E-state index in [-0.39, 0.29) is 11.7 Å². The average Bonchev–Trinajstić information content (AvgIpc) is 2.64. The maximum Gasteiger partial charge on any atom is 0.244 e. The number of amides is 1. The third-order valence-corrected chi connectivity index (χ3v) is 4.70. The zero-order chi connectivity index (χ0) is 13.3. The van der Waals surface area contributed by atoms with Crippen LogP contribution in [-0.2, 0) is 4.79 Å². The van der Waals surface area contributed by atoms with E-state index in [9.17, 15) is 4.79 Å². The van der Waals surface area contributed by atoms with Crippen molar-refractivity contribution in [2.75, 3.05) is 20.1 Å². The van der Waals surface area contributed by atoms with Crippen LogP contribution >= 0.6 is 0 Å². The molecule has 0 bridgehead atoms. The molecular formula is C14H27N3O. The van der Waals surface area contributed by atoms with Crippen LogP contribution in [-0.4, -0.2) is 53.6 Å². The van der Waals surface area contributed by atoms with Gasteiger partial charge in [-0.15, -0.1) is 0 Å². The molecule has 2 saturated heterocycles. The van der Waals surface area contributed by atoms with Crippen molar-refractivity contribution in [3.63, 3.8) is 0 Å². The number of carbonyl (C=O) groups excluding carboxylic acids is 1. The Balaban J connectivity index is 2.13. The Hall–Kier alpha value is -0.610. The molecule has 0 aromatic heterocycles. The summed E-state index contributed by atoms with van der Waals surface area (Å²) < 4.78 is 0. The number of piperidine rings is 1. The van der Waals surface area contributed by atoms with E-state index < -0.39 is 0 Å². The number of hydrogen-bond acceptors (Lipinski definition) is 3. The number of hydrogen-bond donors (Lipinski definition) is 1. The molecule has 2 rings (SSSR count). The summed E-state index contributed by atoms with van der Waals surface area (Å²) in [7, 11) is 2.16. The maximum atomic E-state index is 12.7. The van der Waals surface area contributed by atoms with Gasteiger partial charge in [-0.25, -0.2) is 0 Å². The first-order valence-electron chi connectivity index (χ1n) is 7.30. The number of carbonyl (C=O) groups is 1. The minimum atomic E-state index is -0.343. The topological polar surface area (TPSA) is 35.6 Å². The zero-order valence-electron chi connectivity index (χ0n) is 12.2. The molecule has 18 heavy (non-hydrogen) atoms. The smallest absolute Gasteiger partial charge is 0.244 e. The van der Waals surface area contributed by atoms with Gasteiger partial charge in [-0.1, -0.05) is 13.8 Å². The van der Waals surface area contributed by atoms with Crippen LogP contribution in [0, 0.1) is 0 Å². The molecule has 1 amide bonds. The lowest BCUT2D eigenvalue weighted by atomic mass is 9.97. The van der Waals surface area contributed by atoms with Crippen LogP contribution in [0.15, 0.2) is 0 Å². The lowest BCUT2D eigenvalue weighted by molar-refractivity contribution is -0.136. The Morgan fingerprint density at radius 3 is 2.44 bits per heavy atom. The van der Waals surface area contributed by atoms with Gasteiger partial charge in [0.15, 0.2) is 0 Å². The molecule has 2 unspecified atom stereocenters. The Morgan fingerprint density at radius 1 is 1.33 bits per heavy atom. The monoisotopic (exact) mass is 253 g/mol. The quantitative estimate of drug-likeness (QED) is 0.826. The molecule has 0 saturated carbocycles. The summed E-state index contributed by atoms with van der Waals surface area (Å²) in [5.74, 6) is 0.311. The van der Waals surface area contributed by atoms with Crippen molar-refractivity contribution in [2.24, 2.45) is 0 Å². The van der Waals surface area contributed by atoms with Crippen molar-refractivity contribution in [1.82, 2.24) is 15.1 Å². The normalized spacial score (nSPS) is 35.4. The highest BCUT2D eigenvalue weighted by Crippen LogP contribution is 2.30. The fourth-order valence-corrected chi connectivity index (χ4v) is 3.17. The minimum absolute atomic E-state index is 0.232. The minimum Gasteiger partial charge on any atom is -0.322 e. The standard InChI is InChI=1S/C14H27N3O/c1-5-12-15-14(3,6-2)13(18)17(12)11-7-9-16(4)10-8-11/h11-12,15H,5-10H2,1-4H3. The second kappa shape index (κ2) is 5.17. The van der Waals surface area contributed by atoms with Crippen molar-refractivity contribution in [3.8, 4) is 0 Å². The fourth-order valence-electron chi connectivity index (χ4n) is 3.17. The summed E-state index contributed by atoms with van der Waals surface area (Å²) in [5, 5.41) is 3.54. The second-order valence-corrected chi connectivity index (χ2v) is 6.00. The Labute approximate surface area is 111 Å². The van der Waals surface area contributed by atoms with Gasteiger partial charge in [-0.05, 0) is 52.7 Å². The fraction of sp³-hybridized carbons (Fsp3) is 0.929. The van der Waals surface area contributed by atoms with E-state index >= 15 is 0 Å². The van der Waals surface area contributed by atoms with Gasteiger partial charge < -0.3 is 9.80 Å². The Kier molecular flexibility index (Phi) is 3.97. The van der Waals surface area contributed by atoms with E-state index in [2.05, 4.69) is 36.0 Å². The molecule has 0 aromatic rings. The van der Waals surface area contributed by atoms with Gasteiger partial charge in [0.1, 0.15) is 0 Å². The van der Waals surface area contributed by atoms with Crippen molar-refractivity contribution < 1.29 is 4.79 Å². The first-order valence-corrected chi connectivity index (χ1v) is 7.30. The molecule has 4 heteroatoms. The Bertz CT molecular complexity index is 312. The third kappa shape index (κ3) is 2.28. The van der Waals surface area contributed by atoms with E-state index in [1.807, 2.05) is 6.92 Å². The molecule has 2 heterocycles. The van der Waals surface area contributed by atoms with E-state index in [0.29, 0.717) is 11.9 Å². The van der Waals surface area contributed by atoms with Crippen molar-refractivity contribution in [3.05, 3.63) is 0 Å². The highest BCUT2D eigenvalue weighted by Gasteiger charge is 2.48. The van der Waals surface area contributed by atoms with Crippen LogP contribution in [0.3, 0.4) is 0 Å². The van der Waals surface area contributed by atoms with E-state index in [0.717, 1.165) is 38.8 Å². The number of rotatable bonds is 3. The van der Waals surface area contributed by atoms with Gasteiger partial charge in [0.05, 0.1) is 11.7 Å². The molecule has 2 fully saturated rings. The lowest BCUT2D eigenvalue weighted by Gasteiger charge is -2.37. The van der Waals surface area contributed by atoms with Gasteiger partial charge in [-0.2, -0.15) is 0 Å². The Morgan fingerprint density at radius 2 is 1.94 bits per heavy atom. The maximum absolute atomic E-state index is 12.7. The van der Waals surface area contributed by atoms with E-state index in [1.54, 1.807) is 0 Å². The van der Waals surface area contributed by atoms with Gasteiger partial charge in [0.2, 0.25) is 5.91 Å². The summed E-state index contributed by atoms with van der Waals surface area (Å²) in [6, 6.07) is 0.430. The molecule has 4 nitrogen and oxygen atoms in total. The van der Waals surface area contributed by atoms with Gasteiger partial charge in [0, 0.05) is 6.04 Å². The van der Waals surface area contributed by atoms with Crippen molar-refractivity contribution >= 4 is 5.91 Å². The van der Waals surface area contributed by atoms with Crippen LogP contribution in [0.2, 0.25) is 0 Å². The second-order valence-electron chi connectivity index (χ2n) is 6.00. The van der Waals surface area contributed by atoms with E-state index in [4.69, 9.17) is 0 Å². The zero-order valence-corrected chi connectivity index (χ0v) is 12.2. The van der Waals surface area contributed by atoms with Crippen molar-refractivity contribution in [1.29, 1.82) is 0 Å². The van der Waals surface area contributed by atoms with Gasteiger partial charge >= 0.3 is 0 Å². The van der Waals surface area contributed by atoms with Gasteiger partial charge in [0.25, 0.3) is 0 Å². The summed E-state index contributed by atoms with van der Waals surface area (Å²) in [5.41, 5.74) is -0.343. The summed E-state index contributed by atoms with van der Waals surface area (Å²) >= 11 is 0. The third-order valence-electron chi connectivity index (χ3n) is 4.70. The SMILES string of the molecule is CCC1NC(C)(CC)C(=O)N1C1CCN(C)CC1. The number of nitrogens with one attached hydrogen (secondary N) is 1. The summed E-state index contributed by atoms with van der Waals surface area (Å²) in [4.78, 5) is 17.2. The molecule has 2 aliphatic rings. The lowest BCUT2D eigenvalue weighted by Crippen LogP contribution is -2.49. The first-order chi connectivity index (χ1) is 8.51. The first kappa shape index (κ1) is 13.8. The molecule has 0 radical (unpaired) electrons. The molecular weight excluding hydrogens is 226 g/mol. The van der Waals surface area contributed by atoms with Crippen LogP contribution in [0.5, 0.6) is 0 Å². The van der Waals surface area contributed by atoms with Crippen LogP contribution in [0.4, 0.5) is 0 Å². The number of nitrogens with zero attached hydrogens (tertiary/aromatic N) is 2. The van der Waals surface area contributed by atoms with Crippen LogP contribution in [0.1, 0.15) is 46.5 Å². The molecule has 0 aliphatic carbocycles. The van der Waals surface area contributed by atoms with E-state index in [1.165, 1.54) is 0 Å². The highest BCUT2D eigenvalue weighted by molar-refractivity contribution is 5.88. The van der Waals surface area contributed by atoms with Gasteiger partial charge in [-0.3, -0.25) is 10.1 Å². The van der Waals surface area contributed by atoms with Crippen molar-refractivity contribution in [2.45, 2.75) is 64.2 Å². The summed E-state index contributed by atoms with van der Waals surface area (Å²) in [6.45, 7) is 8.51. The molecule has 2 atom stereocenters. The summed E-state index contributed by atoms with van der Waals surface area (Å²) in [6.07, 6.45) is 4.32. The van der Waals surface area contributed by atoms with Crippen LogP contribution in [0.25, 0.3) is 0 Å². The largest absolute Gasteiger partial charge is 0.322 e. The predicted octanol–water partition coefficient (Wildman–Crippen LogP) is 1.42. The molecule has 0 aromatic carbocycles. The molecule has 0 spiro atoms.